The van der Waals surface area contributed by atoms with E-state index in [2.05, 4.69) is 39.6 Å². The molecule has 2 N–H and O–H groups in total. The van der Waals surface area contributed by atoms with E-state index in [-0.39, 0.29) is 0 Å². The number of aromatic amines is 1. The van der Waals surface area contributed by atoms with Gasteiger partial charge in [-0.2, -0.15) is 0 Å². The second-order valence-corrected chi connectivity index (χ2v) is 3.13. The van der Waals surface area contributed by atoms with Crippen LogP contribution in [0.15, 0.2) is 42.9 Å². The van der Waals surface area contributed by atoms with Crippen molar-refractivity contribution < 1.29 is 0 Å². The Kier molecular flexibility index (Phi) is 2.81. The van der Waals surface area contributed by atoms with Crippen molar-refractivity contribution in [2.24, 2.45) is 0 Å². The van der Waals surface area contributed by atoms with Crippen molar-refractivity contribution in [1.29, 1.82) is 0 Å². The van der Waals surface area contributed by atoms with Gasteiger partial charge >= 0.3 is 0 Å². The number of H-pyrrole nitrogens is 1. The summed E-state index contributed by atoms with van der Waals surface area (Å²) in [6, 6.07) is 10.4. The quantitative estimate of drug-likeness (QED) is 0.769. The summed E-state index contributed by atoms with van der Waals surface area (Å²) in [6.45, 7) is 0.923. The highest BCUT2D eigenvalue weighted by molar-refractivity contribution is 5.30. The fourth-order valence-corrected chi connectivity index (χ4v) is 1.34. The highest BCUT2D eigenvalue weighted by Gasteiger charge is 1.92. The molecular weight excluding hydrogens is 174 g/mol. The van der Waals surface area contributed by atoms with Crippen LogP contribution in [0.3, 0.4) is 0 Å². The summed E-state index contributed by atoms with van der Waals surface area (Å²) in [4.78, 5) is 6.93. The Morgan fingerprint density at radius 1 is 1.21 bits per heavy atom. The molecule has 1 aromatic carbocycles. The van der Waals surface area contributed by atoms with E-state index in [0.29, 0.717) is 0 Å². The Morgan fingerprint density at radius 2 is 2.07 bits per heavy atom. The topological polar surface area (TPSA) is 40.7 Å². The van der Waals surface area contributed by atoms with Crippen molar-refractivity contribution >= 4 is 5.82 Å². The van der Waals surface area contributed by atoms with Crippen molar-refractivity contribution in [3.05, 3.63) is 48.4 Å². The molecule has 0 bridgehead atoms. The maximum atomic E-state index is 3.93. The van der Waals surface area contributed by atoms with Crippen LogP contribution < -0.4 is 5.32 Å². The van der Waals surface area contributed by atoms with Crippen LogP contribution in [0, 0.1) is 0 Å². The molecule has 0 fully saturated rings. The molecular formula is C11H13N3. The molecule has 0 unspecified atom stereocenters. The molecule has 72 valence electrons. The van der Waals surface area contributed by atoms with Crippen molar-refractivity contribution in [3.8, 4) is 0 Å². The molecule has 0 atom stereocenters. The predicted molar refractivity (Wildman–Crippen MR) is 57.2 cm³/mol. The van der Waals surface area contributed by atoms with Gasteiger partial charge < -0.3 is 10.3 Å². The molecule has 3 heteroatoms. The Morgan fingerprint density at radius 3 is 2.79 bits per heavy atom. The van der Waals surface area contributed by atoms with E-state index in [9.17, 15) is 0 Å². The second-order valence-electron chi connectivity index (χ2n) is 3.13. The largest absolute Gasteiger partial charge is 0.370 e. The van der Waals surface area contributed by atoms with Crippen molar-refractivity contribution in [2.75, 3.05) is 11.9 Å². The van der Waals surface area contributed by atoms with E-state index in [4.69, 9.17) is 0 Å². The second kappa shape index (κ2) is 4.46. The summed E-state index contributed by atoms with van der Waals surface area (Å²) in [5.41, 5.74) is 1.35. The lowest BCUT2D eigenvalue weighted by atomic mass is 10.1. The number of nitrogens with zero attached hydrogens (tertiary/aromatic N) is 1. The first-order valence-corrected chi connectivity index (χ1v) is 4.71. The molecule has 0 aliphatic heterocycles. The Hall–Kier alpha value is -1.77. The number of hydrogen-bond acceptors (Lipinski definition) is 2. The van der Waals surface area contributed by atoms with Gasteiger partial charge in [-0.25, -0.2) is 4.98 Å². The molecule has 0 aliphatic carbocycles. The molecule has 0 radical (unpaired) electrons. The fourth-order valence-electron chi connectivity index (χ4n) is 1.34. The van der Waals surface area contributed by atoms with Crippen LogP contribution in [0.4, 0.5) is 5.82 Å². The van der Waals surface area contributed by atoms with Crippen LogP contribution in [-0.2, 0) is 6.42 Å². The number of imidazole rings is 1. The number of rotatable bonds is 4. The third-order valence-corrected chi connectivity index (χ3v) is 2.07. The van der Waals surface area contributed by atoms with Gasteiger partial charge in [0.05, 0.1) is 12.5 Å². The average molecular weight is 187 g/mol. The smallest absolute Gasteiger partial charge is 0.123 e. The summed E-state index contributed by atoms with van der Waals surface area (Å²) in [5.74, 6) is 0.973. The zero-order chi connectivity index (χ0) is 9.64. The van der Waals surface area contributed by atoms with Crippen LogP contribution in [0.25, 0.3) is 0 Å². The average Bonchev–Trinajstić information content (AvgIpc) is 2.72. The normalized spacial score (nSPS) is 10.0. The molecule has 0 amide bonds. The number of benzene rings is 1. The number of aromatic nitrogens is 2. The monoisotopic (exact) mass is 187 g/mol. The molecule has 2 rings (SSSR count). The van der Waals surface area contributed by atoms with Gasteiger partial charge in [-0.3, -0.25) is 0 Å². The minimum Gasteiger partial charge on any atom is -0.370 e. The lowest BCUT2D eigenvalue weighted by Crippen LogP contribution is -2.04. The van der Waals surface area contributed by atoms with Gasteiger partial charge in [-0.1, -0.05) is 30.3 Å². The first-order valence-electron chi connectivity index (χ1n) is 4.71. The summed E-state index contributed by atoms with van der Waals surface area (Å²) in [5, 5.41) is 3.26. The zero-order valence-electron chi connectivity index (χ0n) is 7.90. The van der Waals surface area contributed by atoms with E-state index in [1.807, 2.05) is 6.07 Å². The molecule has 1 heterocycles. The van der Waals surface area contributed by atoms with Gasteiger partial charge in [0.2, 0.25) is 0 Å². The highest BCUT2D eigenvalue weighted by Crippen LogP contribution is 2.01. The van der Waals surface area contributed by atoms with Gasteiger partial charge in [0.15, 0.2) is 0 Å². The van der Waals surface area contributed by atoms with Crippen LogP contribution in [0.1, 0.15) is 5.56 Å². The first-order chi connectivity index (χ1) is 6.95. The Bertz CT molecular complexity index is 353. The Labute approximate surface area is 83.2 Å². The SMILES string of the molecule is c1ccc(CCNc2cnc[nH]2)cc1. The summed E-state index contributed by atoms with van der Waals surface area (Å²) < 4.78 is 0. The first kappa shape index (κ1) is 8.81. The van der Waals surface area contributed by atoms with Crippen LogP contribution in [-0.4, -0.2) is 16.5 Å². The van der Waals surface area contributed by atoms with E-state index in [0.717, 1.165) is 18.8 Å². The number of hydrogen-bond donors (Lipinski definition) is 2. The minimum atomic E-state index is 0.923. The molecule has 0 spiro atoms. The molecule has 0 saturated carbocycles. The lowest BCUT2D eigenvalue weighted by Gasteiger charge is -2.02. The molecule has 1 aromatic heterocycles. The third-order valence-electron chi connectivity index (χ3n) is 2.07. The van der Waals surface area contributed by atoms with Gasteiger partial charge in [0.25, 0.3) is 0 Å². The maximum Gasteiger partial charge on any atom is 0.123 e. The molecule has 0 saturated heterocycles. The molecule has 3 nitrogen and oxygen atoms in total. The van der Waals surface area contributed by atoms with Gasteiger partial charge in [-0.05, 0) is 12.0 Å². The van der Waals surface area contributed by atoms with Crippen LogP contribution in [0.5, 0.6) is 0 Å². The zero-order valence-corrected chi connectivity index (χ0v) is 7.90. The van der Waals surface area contributed by atoms with E-state index < -0.39 is 0 Å². The highest BCUT2D eigenvalue weighted by atomic mass is 15.0. The fraction of sp³-hybridized carbons (Fsp3) is 0.182. The predicted octanol–water partition coefficient (Wildman–Crippen LogP) is 2.06. The maximum absolute atomic E-state index is 3.93. The van der Waals surface area contributed by atoms with Crippen LogP contribution in [0.2, 0.25) is 0 Å². The minimum absolute atomic E-state index is 0.923. The number of anilines is 1. The lowest BCUT2D eigenvalue weighted by molar-refractivity contribution is 1.01. The van der Waals surface area contributed by atoms with E-state index in [1.165, 1.54) is 5.56 Å². The van der Waals surface area contributed by atoms with Crippen molar-refractivity contribution in [2.45, 2.75) is 6.42 Å². The molecule has 14 heavy (non-hydrogen) atoms. The standard InChI is InChI=1S/C11H13N3/c1-2-4-10(5-3-1)6-7-13-11-8-12-9-14-11/h1-5,8-9,13H,6-7H2,(H,12,14). The summed E-state index contributed by atoms with van der Waals surface area (Å²) in [6.07, 6.45) is 4.48. The number of nitrogens with one attached hydrogen (secondary N) is 2. The molecule has 0 aliphatic rings. The van der Waals surface area contributed by atoms with Gasteiger partial charge in [-0.15, -0.1) is 0 Å². The molecule has 2 aromatic rings. The van der Waals surface area contributed by atoms with Gasteiger partial charge in [0.1, 0.15) is 5.82 Å². The Balaban J connectivity index is 1.79. The third kappa shape index (κ3) is 2.36. The van der Waals surface area contributed by atoms with Gasteiger partial charge in [0, 0.05) is 6.54 Å². The van der Waals surface area contributed by atoms with Crippen molar-refractivity contribution in [3.63, 3.8) is 0 Å². The summed E-state index contributed by atoms with van der Waals surface area (Å²) >= 11 is 0. The van der Waals surface area contributed by atoms with E-state index >= 15 is 0 Å². The summed E-state index contributed by atoms with van der Waals surface area (Å²) in [7, 11) is 0. The van der Waals surface area contributed by atoms with Crippen molar-refractivity contribution in [1.82, 2.24) is 9.97 Å². The van der Waals surface area contributed by atoms with Crippen LogP contribution >= 0.6 is 0 Å². The van der Waals surface area contributed by atoms with E-state index in [1.54, 1.807) is 12.5 Å².